The second kappa shape index (κ2) is 6.05. The number of hydrogen-bond donors (Lipinski definition) is 2. The Hall–Kier alpha value is -1.04. The third-order valence-electron chi connectivity index (χ3n) is 2.08. The van der Waals surface area contributed by atoms with Gasteiger partial charge >= 0.3 is 0 Å². The number of halogens is 1. The third-order valence-corrected chi connectivity index (χ3v) is 4.03. The van der Waals surface area contributed by atoms with Crippen molar-refractivity contribution < 1.29 is 8.42 Å². The minimum absolute atomic E-state index is 0.0499. The molecule has 0 fully saturated rings. The highest BCUT2D eigenvalue weighted by Gasteiger charge is 2.16. The molecule has 0 spiro atoms. The van der Waals surface area contributed by atoms with Crippen LogP contribution in [0.4, 0.5) is 5.69 Å². The van der Waals surface area contributed by atoms with Gasteiger partial charge in [0.25, 0.3) is 0 Å². The highest BCUT2D eigenvalue weighted by molar-refractivity contribution is 7.89. The highest BCUT2D eigenvalue weighted by atomic mass is 35.5. The Balaban J connectivity index is 2.82. The molecule has 0 aliphatic heterocycles. The summed E-state index contributed by atoms with van der Waals surface area (Å²) in [5, 5.41) is 0.128. The number of nitrogens with one attached hydrogen (secondary N) is 1. The zero-order valence-corrected chi connectivity index (χ0v) is 11.1. The van der Waals surface area contributed by atoms with Crippen LogP contribution in [-0.4, -0.2) is 15.0 Å². The van der Waals surface area contributed by atoms with Crippen LogP contribution in [0.3, 0.4) is 0 Å². The van der Waals surface area contributed by atoms with Gasteiger partial charge in [-0.3, -0.25) is 0 Å². The van der Waals surface area contributed by atoms with Gasteiger partial charge in [0.2, 0.25) is 10.0 Å². The Kier molecular flexibility index (Phi) is 4.99. The van der Waals surface area contributed by atoms with E-state index in [1.165, 1.54) is 18.2 Å². The summed E-state index contributed by atoms with van der Waals surface area (Å²) in [6.07, 6.45) is 4.39. The highest BCUT2D eigenvalue weighted by Crippen LogP contribution is 2.23. The first kappa shape index (κ1) is 14.0. The number of anilines is 1. The Morgan fingerprint density at radius 1 is 1.47 bits per heavy atom. The van der Waals surface area contributed by atoms with Crippen LogP contribution in [0.5, 0.6) is 0 Å². The molecule has 1 aromatic carbocycles. The fraction of sp³-hybridized carbons (Fsp3) is 0.273. The molecule has 94 valence electrons. The Morgan fingerprint density at radius 2 is 2.18 bits per heavy atom. The topological polar surface area (TPSA) is 72.2 Å². The van der Waals surface area contributed by atoms with Crippen molar-refractivity contribution >= 4 is 27.3 Å². The molecule has 1 rings (SSSR count). The number of nitrogens with two attached hydrogens (primary N) is 1. The zero-order valence-electron chi connectivity index (χ0n) is 9.48. The van der Waals surface area contributed by atoms with Crippen molar-refractivity contribution in [3.63, 3.8) is 0 Å². The van der Waals surface area contributed by atoms with Crippen molar-refractivity contribution in [2.45, 2.75) is 18.2 Å². The lowest BCUT2D eigenvalue weighted by Gasteiger charge is -2.07. The summed E-state index contributed by atoms with van der Waals surface area (Å²) in [4.78, 5) is 0.0499. The number of nitrogen functional groups attached to an aromatic ring is 1. The van der Waals surface area contributed by atoms with E-state index in [2.05, 4.69) is 4.72 Å². The molecule has 17 heavy (non-hydrogen) atoms. The number of benzene rings is 1. The Morgan fingerprint density at radius 3 is 2.76 bits per heavy atom. The molecule has 0 heterocycles. The van der Waals surface area contributed by atoms with Crippen LogP contribution in [0.2, 0.25) is 5.02 Å². The molecular weight excluding hydrogens is 260 g/mol. The first-order valence-electron chi connectivity index (χ1n) is 5.13. The maximum atomic E-state index is 11.9. The summed E-state index contributed by atoms with van der Waals surface area (Å²) < 4.78 is 26.2. The largest absolute Gasteiger partial charge is 0.399 e. The molecule has 6 heteroatoms. The van der Waals surface area contributed by atoms with Crippen molar-refractivity contribution in [1.82, 2.24) is 4.72 Å². The number of allylic oxidation sites excluding steroid dienone is 1. The van der Waals surface area contributed by atoms with Crippen LogP contribution in [0, 0.1) is 0 Å². The van der Waals surface area contributed by atoms with Crippen LogP contribution in [-0.2, 0) is 10.0 Å². The summed E-state index contributed by atoms with van der Waals surface area (Å²) in [6.45, 7) is 2.22. The predicted octanol–water partition coefficient (Wildman–Crippen LogP) is 2.17. The lowest BCUT2D eigenvalue weighted by atomic mass is 10.3. The van der Waals surface area contributed by atoms with Gasteiger partial charge in [-0.15, -0.1) is 0 Å². The first-order chi connectivity index (χ1) is 7.97. The lowest BCUT2D eigenvalue weighted by Crippen LogP contribution is -2.24. The minimum Gasteiger partial charge on any atom is -0.399 e. The molecule has 0 aliphatic carbocycles. The summed E-state index contributed by atoms with van der Waals surface area (Å²) >= 11 is 5.84. The summed E-state index contributed by atoms with van der Waals surface area (Å²) in [6, 6.07) is 4.32. The Bertz CT molecular complexity index is 512. The van der Waals surface area contributed by atoms with E-state index in [1.54, 1.807) is 0 Å². The molecule has 0 saturated carbocycles. The van der Waals surface area contributed by atoms with E-state index >= 15 is 0 Å². The minimum atomic E-state index is -3.56. The van der Waals surface area contributed by atoms with Gasteiger partial charge in [0.1, 0.15) is 4.90 Å². The van der Waals surface area contributed by atoms with Gasteiger partial charge in [-0.25, -0.2) is 13.1 Å². The average molecular weight is 275 g/mol. The van der Waals surface area contributed by atoms with Gasteiger partial charge in [0, 0.05) is 12.2 Å². The zero-order chi connectivity index (χ0) is 12.9. The van der Waals surface area contributed by atoms with E-state index in [-0.39, 0.29) is 9.92 Å². The van der Waals surface area contributed by atoms with E-state index in [4.69, 9.17) is 17.3 Å². The standard InChI is InChI=1S/C11H15ClN2O2S/c1-2-3-4-7-14-17(15,16)11-6-5-9(13)8-10(11)12/h2-3,5-6,8,14H,4,7,13H2,1H3/b3-2+. The molecule has 0 aliphatic rings. The van der Waals surface area contributed by atoms with Crippen molar-refractivity contribution in [2.24, 2.45) is 0 Å². The summed E-state index contributed by atoms with van der Waals surface area (Å²) in [5.74, 6) is 0. The summed E-state index contributed by atoms with van der Waals surface area (Å²) in [7, 11) is -3.56. The normalized spacial score (nSPS) is 12.1. The molecule has 0 amide bonds. The SMILES string of the molecule is C/C=C/CCNS(=O)(=O)c1ccc(N)cc1Cl. The van der Waals surface area contributed by atoms with Crippen molar-refractivity contribution in [3.8, 4) is 0 Å². The lowest BCUT2D eigenvalue weighted by molar-refractivity contribution is 0.582. The van der Waals surface area contributed by atoms with Crippen molar-refractivity contribution in [3.05, 3.63) is 35.4 Å². The van der Waals surface area contributed by atoms with Gasteiger partial charge in [-0.05, 0) is 31.5 Å². The van der Waals surface area contributed by atoms with Gasteiger partial charge in [0.15, 0.2) is 0 Å². The smallest absolute Gasteiger partial charge is 0.242 e. The van der Waals surface area contributed by atoms with Crippen molar-refractivity contribution in [1.29, 1.82) is 0 Å². The van der Waals surface area contributed by atoms with E-state index < -0.39 is 10.0 Å². The van der Waals surface area contributed by atoms with Gasteiger partial charge in [0.05, 0.1) is 5.02 Å². The molecule has 0 atom stereocenters. The van der Waals surface area contributed by atoms with Crippen LogP contribution < -0.4 is 10.5 Å². The molecule has 0 aromatic heterocycles. The maximum absolute atomic E-state index is 11.9. The molecule has 0 bridgehead atoms. The summed E-state index contributed by atoms with van der Waals surface area (Å²) in [5.41, 5.74) is 5.93. The van der Waals surface area contributed by atoms with Crippen LogP contribution in [0.15, 0.2) is 35.2 Å². The van der Waals surface area contributed by atoms with Gasteiger partial charge in [-0.2, -0.15) is 0 Å². The van der Waals surface area contributed by atoms with Crippen LogP contribution in [0.25, 0.3) is 0 Å². The van der Waals surface area contributed by atoms with E-state index in [0.29, 0.717) is 18.7 Å². The monoisotopic (exact) mass is 274 g/mol. The number of hydrogen-bond acceptors (Lipinski definition) is 3. The molecule has 0 unspecified atom stereocenters. The second-order valence-electron chi connectivity index (χ2n) is 3.45. The molecule has 1 aromatic rings. The molecular formula is C11H15ClN2O2S. The van der Waals surface area contributed by atoms with E-state index in [0.717, 1.165) is 0 Å². The molecule has 3 N–H and O–H groups in total. The molecule has 4 nitrogen and oxygen atoms in total. The number of rotatable bonds is 5. The molecule has 0 radical (unpaired) electrons. The van der Waals surface area contributed by atoms with E-state index in [1.807, 2.05) is 19.1 Å². The van der Waals surface area contributed by atoms with Gasteiger partial charge < -0.3 is 5.73 Å². The third kappa shape index (κ3) is 4.03. The number of sulfonamides is 1. The quantitative estimate of drug-likeness (QED) is 0.491. The van der Waals surface area contributed by atoms with E-state index in [9.17, 15) is 8.42 Å². The fourth-order valence-electron chi connectivity index (χ4n) is 1.26. The molecule has 0 saturated heterocycles. The predicted molar refractivity (Wildman–Crippen MR) is 70.5 cm³/mol. The van der Waals surface area contributed by atoms with Crippen LogP contribution >= 0.6 is 11.6 Å². The maximum Gasteiger partial charge on any atom is 0.242 e. The van der Waals surface area contributed by atoms with Crippen LogP contribution in [0.1, 0.15) is 13.3 Å². The Labute approximate surface area is 107 Å². The second-order valence-corrected chi connectivity index (χ2v) is 5.59. The fourth-order valence-corrected chi connectivity index (χ4v) is 2.85. The van der Waals surface area contributed by atoms with Gasteiger partial charge in [-0.1, -0.05) is 23.8 Å². The van der Waals surface area contributed by atoms with Crippen molar-refractivity contribution in [2.75, 3.05) is 12.3 Å². The first-order valence-corrected chi connectivity index (χ1v) is 6.99. The average Bonchev–Trinajstić information content (AvgIpc) is 2.24.